The molecule has 7 heteroatoms. The number of halogens is 2. The number of aliphatic hydroxyl groups is 1. The zero-order chi connectivity index (χ0) is 12.1. The summed E-state index contributed by atoms with van der Waals surface area (Å²) in [6.07, 6.45) is -0.639. The number of pyridine rings is 1. The van der Waals surface area contributed by atoms with Gasteiger partial charge >= 0.3 is 0 Å². The molecule has 0 bridgehead atoms. The first-order valence-electron chi connectivity index (χ1n) is 4.57. The topological polar surface area (TPSA) is 80.4 Å². The van der Waals surface area contributed by atoms with Gasteiger partial charge in [-0.05, 0) is 6.07 Å². The predicted molar refractivity (Wildman–Crippen MR) is 65.0 cm³/mol. The summed E-state index contributed by atoms with van der Waals surface area (Å²) in [5, 5.41) is 12.9. The summed E-state index contributed by atoms with van der Waals surface area (Å²) in [7, 11) is 1.51. The highest BCUT2D eigenvalue weighted by atomic mass is 35.5. The van der Waals surface area contributed by atoms with Crippen molar-refractivity contribution in [2.24, 2.45) is 0 Å². The molecular weight excluding hydrogens is 253 g/mol. The molecule has 1 rings (SSSR count). The lowest BCUT2D eigenvalue weighted by atomic mass is 10.3. The third-order valence-corrected chi connectivity index (χ3v) is 2.41. The number of ether oxygens (including phenoxy) is 1. The van der Waals surface area contributed by atoms with E-state index in [1.165, 1.54) is 13.2 Å². The average Bonchev–Trinajstić information content (AvgIpc) is 2.22. The van der Waals surface area contributed by atoms with Crippen LogP contribution >= 0.6 is 23.2 Å². The monoisotopic (exact) mass is 265 g/mol. The van der Waals surface area contributed by atoms with E-state index in [4.69, 9.17) is 33.7 Å². The maximum absolute atomic E-state index is 9.41. The van der Waals surface area contributed by atoms with Crippen molar-refractivity contribution >= 4 is 34.8 Å². The Bertz CT molecular complexity index is 363. The van der Waals surface area contributed by atoms with Crippen molar-refractivity contribution in [3.63, 3.8) is 0 Å². The van der Waals surface area contributed by atoms with Crippen molar-refractivity contribution in [2.75, 3.05) is 31.3 Å². The number of aliphatic hydroxyl groups excluding tert-OH is 1. The summed E-state index contributed by atoms with van der Waals surface area (Å²) >= 11 is 11.6. The van der Waals surface area contributed by atoms with Crippen LogP contribution in [0.4, 0.5) is 11.6 Å². The number of hydrogen-bond acceptors (Lipinski definition) is 5. The minimum absolute atomic E-state index is 0.190. The Balaban J connectivity index is 2.63. The summed E-state index contributed by atoms with van der Waals surface area (Å²) < 4.78 is 4.78. The largest absolute Gasteiger partial charge is 0.389 e. The highest BCUT2D eigenvalue weighted by molar-refractivity contribution is 6.37. The van der Waals surface area contributed by atoms with E-state index in [1.807, 2.05) is 0 Å². The van der Waals surface area contributed by atoms with Gasteiger partial charge in [-0.1, -0.05) is 23.2 Å². The molecule has 90 valence electrons. The van der Waals surface area contributed by atoms with Gasteiger partial charge in [-0.2, -0.15) is 0 Å². The van der Waals surface area contributed by atoms with E-state index in [-0.39, 0.29) is 19.0 Å². The van der Waals surface area contributed by atoms with E-state index in [0.717, 1.165) is 0 Å². The maximum atomic E-state index is 9.41. The fourth-order valence-electron chi connectivity index (χ4n) is 1.07. The van der Waals surface area contributed by atoms with E-state index >= 15 is 0 Å². The van der Waals surface area contributed by atoms with Gasteiger partial charge in [0.2, 0.25) is 0 Å². The third-order valence-electron chi connectivity index (χ3n) is 1.82. The van der Waals surface area contributed by atoms with Crippen LogP contribution in [-0.4, -0.2) is 36.5 Å². The number of aromatic nitrogens is 1. The molecule has 0 spiro atoms. The molecule has 5 nitrogen and oxygen atoms in total. The van der Waals surface area contributed by atoms with Gasteiger partial charge in [-0.15, -0.1) is 0 Å². The summed E-state index contributed by atoms with van der Waals surface area (Å²) in [6, 6.07) is 1.50. The van der Waals surface area contributed by atoms with Crippen molar-refractivity contribution in [1.29, 1.82) is 0 Å². The summed E-state index contributed by atoms with van der Waals surface area (Å²) in [5.41, 5.74) is 5.53. The second-order valence-corrected chi connectivity index (χ2v) is 3.99. The van der Waals surface area contributed by atoms with Gasteiger partial charge in [0, 0.05) is 13.7 Å². The Morgan fingerprint density at radius 1 is 1.56 bits per heavy atom. The molecule has 0 amide bonds. The first-order valence-corrected chi connectivity index (χ1v) is 5.32. The molecule has 1 aromatic rings. The molecule has 1 aromatic heterocycles. The number of nitrogens with two attached hydrogens (primary N) is 1. The van der Waals surface area contributed by atoms with Gasteiger partial charge in [0.15, 0.2) is 0 Å². The predicted octanol–water partition coefficient (Wildman–Crippen LogP) is 1.39. The van der Waals surface area contributed by atoms with Crippen LogP contribution in [0, 0.1) is 0 Å². The van der Waals surface area contributed by atoms with Gasteiger partial charge < -0.3 is 20.9 Å². The lowest BCUT2D eigenvalue weighted by molar-refractivity contribution is 0.0727. The highest BCUT2D eigenvalue weighted by Gasteiger charge is 2.09. The first kappa shape index (κ1) is 13.3. The van der Waals surface area contributed by atoms with Crippen LogP contribution in [0.15, 0.2) is 6.07 Å². The van der Waals surface area contributed by atoms with Crippen LogP contribution in [0.5, 0.6) is 0 Å². The SMILES string of the molecule is COCC(O)CNc1nc(N)c(Cl)cc1Cl. The zero-order valence-electron chi connectivity index (χ0n) is 8.70. The van der Waals surface area contributed by atoms with Gasteiger partial charge in [0.25, 0.3) is 0 Å². The smallest absolute Gasteiger partial charge is 0.147 e. The second-order valence-electron chi connectivity index (χ2n) is 3.18. The number of methoxy groups -OCH3 is 1. The number of nitrogen functional groups attached to an aromatic ring is 1. The zero-order valence-corrected chi connectivity index (χ0v) is 10.2. The Morgan fingerprint density at radius 2 is 2.25 bits per heavy atom. The lowest BCUT2D eigenvalue weighted by Crippen LogP contribution is -2.24. The number of nitrogens with one attached hydrogen (secondary N) is 1. The lowest BCUT2D eigenvalue weighted by Gasteiger charge is -2.12. The van der Waals surface area contributed by atoms with Crippen LogP contribution in [0.2, 0.25) is 10.0 Å². The van der Waals surface area contributed by atoms with Gasteiger partial charge in [0.1, 0.15) is 11.6 Å². The number of anilines is 2. The number of rotatable bonds is 5. The van der Waals surface area contributed by atoms with E-state index < -0.39 is 6.10 Å². The second kappa shape index (κ2) is 6.10. The van der Waals surface area contributed by atoms with E-state index in [0.29, 0.717) is 15.9 Å². The molecular formula is C9H13Cl2N3O2. The summed E-state index contributed by atoms with van der Waals surface area (Å²) in [4.78, 5) is 3.96. The Kier molecular flexibility index (Phi) is 5.08. The van der Waals surface area contributed by atoms with E-state index in [9.17, 15) is 5.11 Å². The van der Waals surface area contributed by atoms with Crippen LogP contribution in [0.25, 0.3) is 0 Å². The van der Waals surface area contributed by atoms with Crippen molar-refractivity contribution < 1.29 is 9.84 Å². The molecule has 0 aliphatic rings. The minimum atomic E-state index is -0.639. The van der Waals surface area contributed by atoms with Crippen molar-refractivity contribution in [3.8, 4) is 0 Å². The maximum Gasteiger partial charge on any atom is 0.147 e. The Hall–Kier alpha value is -0.750. The molecule has 0 aromatic carbocycles. The average molecular weight is 266 g/mol. The highest BCUT2D eigenvalue weighted by Crippen LogP contribution is 2.27. The van der Waals surface area contributed by atoms with E-state index in [1.54, 1.807) is 0 Å². The van der Waals surface area contributed by atoms with Crippen LogP contribution in [-0.2, 0) is 4.74 Å². The summed E-state index contributed by atoms with van der Waals surface area (Å²) in [6.45, 7) is 0.495. The molecule has 0 fully saturated rings. The first-order chi connectivity index (χ1) is 7.54. The number of nitrogens with zero attached hydrogens (tertiary/aromatic N) is 1. The van der Waals surface area contributed by atoms with Gasteiger partial charge in [0.05, 0.1) is 22.8 Å². The van der Waals surface area contributed by atoms with Crippen LogP contribution in [0.3, 0.4) is 0 Å². The quantitative estimate of drug-likeness (QED) is 0.750. The normalized spacial score (nSPS) is 12.5. The molecule has 16 heavy (non-hydrogen) atoms. The summed E-state index contributed by atoms with van der Waals surface area (Å²) in [5.74, 6) is 0.577. The molecule has 4 N–H and O–H groups in total. The van der Waals surface area contributed by atoms with Gasteiger partial charge in [-0.25, -0.2) is 4.98 Å². The van der Waals surface area contributed by atoms with Crippen molar-refractivity contribution in [3.05, 3.63) is 16.1 Å². The Morgan fingerprint density at radius 3 is 2.88 bits per heavy atom. The fourth-order valence-corrected chi connectivity index (χ4v) is 1.50. The van der Waals surface area contributed by atoms with Crippen molar-refractivity contribution in [1.82, 2.24) is 4.98 Å². The Labute approximate surface area is 104 Å². The van der Waals surface area contributed by atoms with Crippen molar-refractivity contribution in [2.45, 2.75) is 6.10 Å². The van der Waals surface area contributed by atoms with Crippen LogP contribution in [0.1, 0.15) is 0 Å². The van der Waals surface area contributed by atoms with E-state index in [2.05, 4.69) is 10.3 Å². The molecule has 0 aliphatic heterocycles. The molecule has 0 saturated carbocycles. The van der Waals surface area contributed by atoms with Gasteiger partial charge in [-0.3, -0.25) is 0 Å². The molecule has 1 unspecified atom stereocenters. The molecule has 0 saturated heterocycles. The third kappa shape index (κ3) is 3.68. The fraction of sp³-hybridized carbons (Fsp3) is 0.444. The standard InChI is InChI=1S/C9H13Cl2N3O2/c1-16-4-5(15)3-13-9-7(11)2-6(10)8(12)14-9/h2,5,15H,3-4H2,1H3,(H3,12,13,14). The molecule has 0 radical (unpaired) electrons. The molecule has 1 atom stereocenters. The van der Waals surface area contributed by atoms with Crippen LogP contribution < -0.4 is 11.1 Å². The minimum Gasteiger partial charge on any atom is -0.389 e. The molecule has 0 aliphatic carbocycles. The number of hydrogen-bond donors (Lipinski definition) is 3. The molecule has 1 heterocycles.